The minimum atomic E-state index is -2.07. The van der Waals surface area contributed by atoms with Crippen LogP contribution in [-0.4, -0.2) is 22.5 Å². The Morgan fingerprint density at radius 1 is 0.897 bits per heavy atom. The molecule has 2 bridgehead atoms. The van der Waals surface area contributed by atoms with Crippen molar-refractivity contribution in [3.8, 4) is 0 Å². The van der Waals surface area contributed by atoms with E-state index in [1.807, 2.05) is 62.3 Å². The van der Waals surface area contributed by atoms with Crippen LogP contribution >= 0.6 is 0 Å². The van der Waals surface area contributed by atoms with Crippen LogP contribution in [0.3, 0.4) is 0 Å². The molecule has 0 aromatic carbocycles. The van der Waals surface area contributed by atoms with Crippen LogP contribution in [0.5, 0.6) is 0 Å². The van der Waals surface area contributed by atoms with Gasteiger partial charge in [0.1, 0.15) is 11.2 Å². The predicted octanol–water partition coefficient (Wildman–Crippen LogP) is 8.27. The molecule has 39 heavy (non-hydrogen) atoms. The molecule has 4 nitrogen and oxygen atoms in total. The third-order valence-electron chi connectivity index (χ3n) is 9.99. The van der Waals surface area contributed by atoms with Crippen molar-refractivity contribution in [1.82, 2.24) is 0 Å². The smallest absolute Gasteiger partial charge is 0.188 e. The van der Waals surface area contributed by atoms with E-state index in [4.69, 9.17) is 0 Å². The van der Waals surface area contributed by atoms with Crippen molar-refractivity contribution < 1.29 is 19.5 Å². The molecule has 0 spiro atoms. The predicted molar refractivity (Wildman–Crippen MR) is 161 cm³/mol. The van der Waals surface area contributed by atoms with Crippen LogP contribution in [-0.2, 0) is 14.4 Å². The van der Waals surface area contributed by atoms with Crippen LogP contribution in [0.15, 0.2) is 60.4 Å². The zero-order chi connectivity index (χ0) is 30.6. The fraction of sp³-hybridized carbons (Fsp3) is 0.629. The maximum atomic E-state index is 15.3. The van der Waals surface area contributed by atoms with Crippen LogP contribution in [0.25, 0.3) is 0 Å². The second-order valence-electron chi connectivity index (χ2n) is 13.7. The van der Waals surface area contributed by atoms with Gasteiger partial charge in [-0.3, -0.25) is 14.4 Å². The molecule has 2 aliphatic carbocycles. The molecule has 5 unspecified atom stereocenters. The summed E-state index contributed by atoms with van der Waals surface area (Å²) in [5, 5.41) is 12.1. The molecule has 1 fully saturated rings. The largest absolute Gasteiger partial charge is 0.510 e. The van der Waals surface area contributed by atoms with Gasteiger partial charge in [-0.1, -0.05) is 113 Å². The SMILES string of the molecule is C=CC(C(C)C)C1(C)C(C(=C)C(C)C)CC2(C(=C)C(C)C)C(=O)C1(C(=O)C(C)C)C(=O)C(C(=C)C(C)C)=C2O. The van der Waals surface area contributed by atoms with E-state index in [1.54, 1.807) is 19.9 Å². The lowest BCUT2D eigenvalue weighted by atomic mass is 9.34. The number of hydrogen-bond donors (Lipinski definition) is 1. The summed E-state index contributed by atoms with van der Waals surface area (Å²) in [6.07, 6.45) is 2.00. The second kappa shape index (κ2) is 10.8. The summed E-state index contributed by atoms with van der Waals surface area (Å²) in [6.45, 7) is 38.4. The highest BCUT2D eigenvalue weighted by Gasteiger charge is 2.79. The van der Waals surface area contributed by atoms with Gasteiger partial charge in [-0.15, -0.1) is 6.58 Å². The first-order valence-corrected chi connectivity index (χ1v) is 14.5. The molecular formula is C35H52O4. The average molecular weight is 537 g/mol. The number of Topliss-reactive ketones (excluding diaryl/α,β-unsaturated/α-hetero) is 3. The first-order valence-electron chi connectivity index (χ1n) is 14.5. The van der Waals surface area contributed by atoms with Gasteiger partial charge in [0.05, 0.1) is 5.57 Å². The van der Waals surface area contributed by atoms with Crippen molar-refractivity contribution in [2.75, 3.05) is 0 Å². The number of hydrogen-bond acceptors (Lipinski definition) is 4. The molecule has 0 saturated heterocycles. The number of rotatable bonds is 11. The molecule has 1 N–H and O–H groups in total. The molecule has 2 rings (SSSR count). The molecule has 0 heterocycles. The van der Waals surface area contributed by atoms with E-state index in [0.29, 0.717) is 11.1 Å². The summed E-state index contributed by atoms with van der Waals surface area (Å²) >= 11 is 0. The van der Waals surface area contributed by atoms with Crippen molar-refractivity contribution in [2.24, 2.45) is 57.7 Å². The third-order valence-corrected chi connectivity index (χ3v) is 9.99. The topological polar surface area (TPSA) is 71.4 Å². The Morgan fingerprint density at radius 3 is 1.77 bits per heavy atom. The number of carbonyl (C=O) groups excluding carboxylic acids is 3. The summed E-state index contributed by atoms with van der Waals surface area (Å²) in [6, 6.07) is 0. The molecule has 1 saturated carbocycles. The lowest BCUT2D eigenvalue weighted by Crippen LogP contribution is -2.73. The summed E-state index contributed by atoms with van der Waals surface area (Å²) < 4.78 is 0. The van der Waals surface area contributed by atoms with E-state index in [2.05, 4.69) is 26.3 Å². The number of aliphatic hydroxyl groups is 1. The Kier molecular flexibility index (Phi) is 9.08. The van der Waals surface area contributed by atoms with Crippen molar-refractivity contribution >= 4 is 17.3 Å². The number of ketones is 3. The van der Waals surface area contributed by atoms with E-state index >= 15 is 9.59 Å². The van der Waals surface area contributed by atoms with Crippen LogP contribution < -0.4 is 0 Å². The first kappa shape index (κ1) is 32.7. The van der Waals surface area contributed by atoms with Crippen molar-refractivity contribution in [3.63, 3.8) is 0 Å². The monoisotopic (exact) mass is 536 g/mol. The quantitative estimate of drug-likeness (QED) is 0.213. The minimum absolute atomic E-state index is 0.0165. The first-order chi connectivity index (χ1) is 17.8. The van der Waals surface area contributed by atoms with Crippen LogP contribution in [0.1, 0.15) is 82.6 Å². The zero-order valence-corrected chi connectivity index (χ0v) is 26.3. The highest BCUT2D eigenvalue weighted by atomic mass is 16.3. The van der Waals surface area contributed by atoms with Crippen LogP contribution in [0.4, 0.5) is 0 Å². The van der Waals surface area contributed by atoms with Gasteiger partial charge < -0.3 is 5.11 Å². The standard InChI is InChI=1S/C35H52O4/c1-16-26(21(8)9)33(15)27(23(12)18(2)3)17-34(25(14)20(6)7)30(37)28(24(13)19(4)5)31(38)35(33,32(34)39)29(36)22(10)11/h16,18-22,26-27,37H,1,12-14,17H2,2-11,15H3. The molecule has 0 aliphatic heterocycles. The fourth-order valence-electron chi connectivity index (χ4n) is 7.54. The van der Waals surface area contributed by atoms with Crippen LogP contribution in [0.2, 0.25) is 0 Å². The zero-order valence-electron chi connectivity index (χ0n) is 26.3. The summed E-state index contributed by atoms with van der Waals surface area (Å²) in [4.78, 5) is 45.2. The number of fused-ring (bicyclic) bond motifs is 2. The number of aliphatic hydroxyl groups excluding tert-OH is 1. The Hall–Kier alpha value is -2.49. The lowest BCUT2D eigenvalue weighted by Gasteiger charge is -2.64. The average Bonchev–Trinajstić information content (AvgIpc) is 2.82. The lowest BCUT2D eigenvalue weighted by molar-refractivity contribution is -0.181. The maximum absolute atomic E-state index is 15.3. The minimum Gasteiger partial charge on any atom is -0.510 e. The molecule has 5 atom stereocenters. The molecule has 0 amide bonds. The molecule has 2 aliphatic rings. The molecule has 0 aromatic heterocycles. The summed E-state index contributed by atoms with van der Waals surface area (Å²) in [5.74, 6) is -3.71. The molecule has 216 valence electrons. The highest BCUT2D eigenvalue weighted by Crippen LogP contribution is 2.71. The molecule has 0 radical (unpaired) electrons. The Bertz CT molecular complexity index is 1140. The highest BCUT2D eigenvalue weighted by molar-refractivity contribution is 6.35. The van der Waals surface area contributed by atoms with Crippen molar-refractivity contribution in [2.45, 2.75) is 82.6 Å². The van der Waals surface area contributed by atoms with Gasteiger partial charge in [-0.25, -0.2) is 0 Å². The van der Waals surface area contributed by atoms with Gasteiger partial charge in [-0.05, 0) is 47.5 Å². The normalized spacial score (nSPS) is 30.0. The summed E-state index contributed by atoms with van der Waals surface area (Å²) in [7, 11) is 0. The van der Waals surface area contributed by atoms with E-state index in [0.717, 1.165) is 5.57 Å². The third kappa shape index (κ3) is 4.19. The number of carbonyl (C=O) groups is 3. The fourth-order valence-corrected chi connectivity index (χ4v) is 7.54. The maximum Gasteiger partial charge on any atom is 0.188 e. The molecule has 4 heteroatoms. The summed E-state index contributed by atoms with van der Waals surface area (Å²) in [5.41, 5.74) is -3.04. The molecular weight excluding hydrogens is 484 g/mol. The Balaban J connectivity index is 3.41. The number of allylic oxidation sites excluding steroid dienone is 5. The van der Waals surface area contributed by atoms with Gasteiger partial charge in [-0.2, -0.15) is 0 Å². The van der Waals surface area contributed by atoms with Crippen molar-refractivity contribution in [3.05, 3.63) is 60.4 Å². The van der Waals surface area contributed by atoms with E-state index in [9.17, 15) is 9.90 Å². The van der Waals surface area contributed by atoms with Gasteiger partial charge in [0.15, 0.2) is 22.8 Å². The van der Waals surface area contributed by atoms with Gasteiger partial charge in [0, 0.05) is 11.3 Å². The van der Waals surface area contributed by atoms with E-state index in [-0.39, 0.29) is 47.3 Å². The van der Waals surface area contributed by atoms with Gasteiger partial charge in [0.2, 0.25) is 0 Å². The van der Waals surface area contributed by atoms with Crippen LogP contribution in [0, 0.1) is 57.7 Å². The van der Waals surface area contributed by atoms with Gasteiger partial charge in [0.25, 0.3) is 0 Å². The Morgan fingerprint density at radius 2 is 1.41 bits per heavy atom. The van der Waals surface area contributed by atoms with E-state index < -0.39 is 45.4 Å². The van der Waals surface area contributed by atoms with Crippen molar-refractivity contribution in [1.29, 1.82) is 0 Å². The van der Waals surface area contributed by atoms with Gasteiger partial charge >= 0.3 is 0 Å². The van der Waals surface area contributed by atoms with E-state index in [1.165, 1.54) is 0 Å². The molecule has 0 aromatic rings. The second-order valence-corrected chi connectivity index (χ2v) is 13.7. The Labute approximate surface area is 237 Å².